The largest absolute Gasteiger partial charge is 0.457 e. The number of aliphatic hydroxyl groups excluding tert-OH is 1. The van der Waals surface area contributed by atoms with Gasteiger partial charge in [-0.2, -0.15) is 0 Å². The third kappa shape index (κ3) is 3.38. The molecule has 0 spiro atoms. The number of hydrogen-bond acceptors (Lipinski definition) is 3. The van der Waals surface area contributed by atoms with Crippen molar-refractivity contribution in [1.82, 2.24) is 5.32 Å². The Morgan fingerprint density at radius 2 is 1.95 bits per heavy atom. The van der Waals surface area contributed by atoms with Gasteiger partial charge in [-0.1, -0.05) is 37.3 Å². The summed E-state index contributed by atoms with van der Waals surface area (Å²) >= 11 is 0. The maximum Gasteiger partial charge on any atom is 0.132 e. The summed E-state index contributed by atoms with van der Waals surface area (Å²) < 4.78 is 5.89. The maximum absolute atomic E-state index is 9.33. The van der Waals surface area contributed by atoms with Crippen LogP contribution in [0.2, 0.25) is 0 Å². The zero-order valence-corrected chi connectivity index (χ0v) is 12.0. The second kappa shape index (κ2) is 7.08. The lowest BCUT2D eigenvalue weighted by Gasteiger charge is -2.16. The molecule has 0 heterocycles. The van der Waals surface area contributed by atoms with Crippen LogP contribution in [0, 0.1) is 0 Å². The van der Waals surface area contributed by atoms with Crippen LogP contribution in [0.3, 0.4) is 0 Å². The Morgan fingerprint density at radius 3 is 2.65 bits per heavy atom. The van der Waals surface area contributed by atoms with Gasteiger partial charge >= 0.3 is 0 Å². The highest BCUT2D eigenvalue weighted by Gasteiger charge is 2.08. The highest BCUT2D eigenvalue weighted by molar-refractivity contribution is 5.39. The van der Waals surface area contributed by atoms with Crippen LogP contribution >= 0.6 is 0 Å². The second-order valence-corrected chi connectivity index (χ2v) is 4.69. The number of nitrogens with one attached hydrogen (secondary N) is 1. The molecule has 1 unspecified atom stereocenters. The van der Waals surface area contributed by atoms with Gasteiger partial charge < -0.3 is 15.2 Å². The van der Waals surface area contributed by atoms with Crippen molar-refractivity contribution in [2.75, 3.05) is 7.05 Å². The minimum atomic E-state index is -0.0238. The topological polar surface area (TPSA) is 41.5 Å². The van der Waals surface area contributed by atoms with Crippen molar-refractivity contribution in [3.05, 3.63) is 59.7 Å². The SMILES string of the molecule is CCC(NC)c1cccc(Oc2ccccc2CO)c1. The average Bonchev–Trinajstić information content (AvgIpc) is 2.49. The molecular formula is C17H21NO2. The van der Waals surface area contributed by atoms with E-state index in [9.17, 15) is 5.11 Å². The van der Waals surface area contributed by atoms with Crippen LogP contribution in [0.25, 0.3) is 0 Å². The van der Waals surface area contributed by atoms with E-state index in [1.807, 2.05) is 49.5 Å². The molecule has 0 bridgehead atoms. The predicted molar refractivity (Wildman–Crippen MR) is 81.0 cm³/mol. The van der Waals surface area contributed by atoms with Crippen LogP contribution in [0.5, 0.6) is 11.5 Å². The number of ether oxygens (including phenoxy) is 1. The standard InChI is InChI=1S/C17H21NO2/c1-3-16(18-2)13-8-6-9-15(11-13)20-17-10-5-4-7-14(17)12-19/h4-11,16,18-19H,3,12H2,1-2H3. The number of aliphatic hydroxyl groups is 1. The molecule has 2 aromatic carbocycles. The Kier molecular flexibility index (Phi) is 5.16. The molecule has 0 amide bonds. The highest BCUT2D eigenvalue weighted by Crippen LogP contribution is 2.28. The molecule has 0 saturated carbocycles. The molecular weight excluding hydrogens is 250 g/mol. The molecule has 0 saturated heterocycles. The van der Waals surface area contributed by atoms with E-state index >= 15 is 0 Å². The van der Waals surface area contributed by atoms with E-state index < -0.39 is 0 Å². The molecule has 2 N–H and O–H groups in total. The predicted octanol–water partition coefficient (Wildman–Crippen LogP) is 3.64. The van der Waals surface area contributed by atoms with E-state index in [0.29, 0.717) is 11.8 Å². The summed E-state index contributed by atoms with van der Waals surface area (Å²) in [7, 11) is 1.96. The number of benzene rings is 2. The summed E-state index contributed by atoms with van der Waals surface area (Å²) in [6, 6.07) is 15.9. The highest BCUT2D eigenvalue weighted by atomic mass is 16.5. The van der Waals surface area contributed by atoms with Gasteiger partial charge in [-0.25, -0.2) is 0 Å². The normalized spacial score (nSPS) is 12.2. The van der Waals surface area contributed by atoms with Gasteiger partial charge in [-0.05, 0) is 37.2 Å². The molecule has 0 aromatic heterocycles. The van der Waals surface area contributed by atoms with Gasteiger partial charge in [0, 0.05) is 11.6 Å². The first-order chi connectivity index (χ1) is 9.78. The third-order valence-electron chi connectivity index (χ3n) is 3.39. The van der Waals surface area contributed by atoms with E-state index in [1.54, 1.807) is 0 Å². The van der Waals surface area contributed by atoms with E-state index in [2.05, 4.69) is 18.3 Å². The fourth-order valence-corrected chi connectivity index (χ4v) is 2.26. The zero-order valence-electron chi connectivity index (χ0n) is 12.0. The van der Waals surface area contributed by atoms with Gasteiger partial charge in [0.25, 0.3) is 0 Å². The van der Waals surface area contributed by atoms with Crippen LogP contribution < -0.4 is 10.1 Å². The van der Waals surface area contributed by atoms with Crippen molar-refractivity contribution in [3.8, 4) is 11.5 Å². The minimum absolute atomic E-state index is 0.0238. The first-order valence-corrected chi connectivity index (χ1v) is 6.92. The van der Waals surface area contributed by atoms with Crippen LogP contribution in [-0.4, -0.2) is 12.2 Å². The Labute approximate surface area is 120 Å². The third-order valence-corrected chi connectivity index (χ3v) is 3.39. The van der Waals surface area contributed by atoms with Gasteiger partial charge in [0.1, 0.15) is 11.5 Å². The van der Waals surface area contributed by atoms with Crippen molar-refractivity contribution in [1.29, 1.82) is 0 Å². The van der Waals surface area contributed by atoms with Crippen molar-refractivity contribution in [2.24, 2.45) is 0 Å². The fourth-order valence-electron chi connectivity index (χ4n) is 2.26. The molecule has 20 heavy (non-hydrogen) atoms. The first kappa shape index (κ1) is 14.6. The quantitative estimate of drug-likeness (QED) is 0.842. The number of rotatable bonds is 6. The van der Waals surface area contributed by atoms with Crippen LogP contribution in [-0.2, 0) is 6.61 Å². The molecule has 3 heteroatoms. The smallest absolute Gasteiger partial charge is 0.132 e. The monoisotopic (exact) mass is 271 g/mol. The van der Waals surface area contributed by atoms with Crippen molar-refractivity contribution in [2.45, 2.75) is 26.0 Å². The van der Waals surface area contributed by atoms with Gasteiger partial charge in [0.15, 0.2) is 0 Å². The lowest BCUT2D eigenvalue weighted by atomic mass is 10.0. The van der Waals surface area contributed by atoms with E-state index in [4.69, 9.17) is 4.74 Å². The number of para-hydroxylation sites is 1. The molecule has 2 rings (SSSR count). The molecule has 106 valence electrons. The second-order valence-electron chi connectivity index (χ2n) is 4.69. The van der Waals surface area contributed by atoms with Crippen LogP contribution in [0.1, 0.15) is 30.5 Å². The fraction of sp³-hybridized carbons (Fsp3) is 0.294. The van der Waals surface area contributed by atoms with Gasteiger partial charge in [0.05, 0.1) is 6.61 Å². The van der Waals surface area contributed by atoms with Crippen molar-refractivity contribution in [3.63, 3.8) is 0 Å². The minimum Gasteiger partial charge on any atom is -0.457 e. The molecule has 0 fully saturated rings. The molecule has 1 atom stereocenters. The van der Waals surface area contributed by atoms with E-state index in [1.165, 1.54) is 5.56 Å². The van der Waals surface area contributed by atoms with Gasteiger partial charge in [-0.15, -0.1) is 0 Å². The van der Waals surface area contributed by atoms with Crippen LogP contribution in [0.4, 0.5) is 0 Å². The average molecular weight is 271 g/mol. The summed E-state index contributed by atoms with van der Waals surface area (Å²) in [5.74, 6) is 1.49. The lowest BCUT2D eigenvalue weighted by Crippen LogP contribution is -2.15. The Morgan fingerprint density at radius 1 is 1.15 bits per heavy atom. The Bertz CT molecular complexity index is 550. The summed E-state index contributed by atoms with van der Waals surface area (Å²) in [6.07, 6.45) is 1.02. The van der Waals surface area contributed by atoms with Gasteiger partial charge in [0.2, 0.25) is 0 Å². The molecule has 3 nitrogen and oxygen atoms in total. The molecule has 0 aliphatic heterocycles. The van der Waals surface area contributed by atoms with Gasteiger partial charge in [-0.3, -0.25) is 0 Å². The molecule has 2 aromatic rings. The zero-order chi connectivity index (χ0) is 14.4. The maximum atomic E-state index is 9.33. The van der Waals surface area contributed by atoms with Crippen molar-refractivity contribution < 1.29 is 9.84 Å². The molecule has 0 aliphatic carbocycles. The van der Waals surface area contributed by atoms with E-state index in [-0.39, 0.29) is 6.61 Å². The van der Waals surface area contributed by atoms with Crippen molar-refractivity contribution >= 4 is 0 Å². The first-order valence-electron chi connectivity index (χ1n) is 6.92. The summed E-state index contributed by atoms with van der Waals surface area (Å²) in [5.41, 5.74) is 1.99. The Hall–Kier alpha value is -1.84. The Balaban J connectivity index is 2.23. The summed E-state index contributed by atoms with van der Waals surface area (Å²) in [4.78, 5) is 0. The summed E-state index contributed by atoms with van der Waals surface area (Å²) in [5, 5.41) is 12.6. The lowest BCUT2D eigenvalue weighted by molar-refractivity contribution is 0.276. The van der Waals surface area contributed by atoms with E-state index in [0.717, 1.165) is 17.7 Å². The van der Waals surface area contributed by atoms with Crippen LogP contribution in [0.15, 0.2) is 48.5 Å². The molecule has 0 radical (unpaired) electrons. The molecule has 0 aliphatic rings. The summed E-state index contributed by atoms with van der Waals surface area (Å²) in [6.45, 7) is 2.12. The number of hydrogen-bond donors (Lipinski definition) is 2.